The van der Waals surface area contributed by atoms with Crippen LogP contribution in [0.15, 0.2) is 40.9 Å². The molecule has 1 N–H and O–H groups in total. The number of carbonyl (C=O) groups excluding carboxylic acids is 3. The van der Waals surface area contributed by atoms with Crippen LogP contribution in [0.1, 0.15) is 30.1 Å². The second-order valence-corrected chi connectivity index (χ2v) is 8.27. The average molecular weight is 387 g/mol. The number of nitrogens with zero attached hydrogens (tertiary/aromatic N) is 1. The minimum absolute atomic E-state index is 0.127. The molecule has 5 nitrogen and oxygen atoms in total. The number of halogens is 1. The third-order valence-electron chi connectivity index (χ3n) is 6.89. The number of hydrogen-bond acceptors (Lipinski definition) is 3. The Morgan fingerprint density at radius 2 is 1.96 bits per heavy atom. The summed E-state index contributed by atoms with van der Waals surface area (Å²) < 4.78 is 0.857. The van der Waals surface area contributed by atoms with Crippen LogP contribution < -0.4 is 5.43 Å². The lowest BCUT2D eigenvalue weighted by atomic mass is 9.60. The highest BCUT2D eigenvalue weighted by Crippen LogP contribution is 2.96. The molecule has 2 saturated carbocycles. The van der Waals surface area contributed by atoms with Gasteiger partial charge in [0.25, 0.3) is 17.7 Å². The zero-order valence-corrected chi connectivity index (χ0v) is 14.6. The van der Waals surface area contributed by atoms with Crippen molar-refractivity contribution in [1.82, 2.24) is 10.4 Å². The van der Waals surface area contributed by atoms with Crippen LogP contribution in [0.25, 0.3) is 0 Å². The number of allylic oxidation sites excluding steroid dienone is 2. The number of hydrazine groups is 1. The van der Waals surface area contributed by atoms with Crippen LogP contribution in [0.2, 0.25) is 0 Å². The molecule has 4 aliphatic rings. The van der Waals surface area contributed by atoms with Gasteiger partial charge in [-0.25, -0.2) is 0 Å². The number of imide groups is 1. The van der Waals surface area contributed by atoms with E-state index in [1.807, 2.05) is 6.92 Å². The van der Waals surface area contributed by atoms with Gasteiger partial charge in [-0.15, -0.1) is 0 Å². The van der Waals surface area contributed by atoms with Crippen LogP contribution in [0.5, 0.6) is 0 Å². The van der Waals surface area contributed by atoms with Crippen LogP contribution >= 0.6 is 15.9 Å². The smallest absolute Gasteiger partial charge is 0.270 e. The molecule has 122 valence electrons. The summed E-state index contributed by atoms with van der Waals surface area (Å²) in [5.74, 6) is -0.813. The first-order valence-electron chi connectivity index (χ1n) is 8.02. The lowest BCUT2D eigenvalue weighted by Crippen LogP contribution is -2.56. The van der Waals surface area contributed by atoms with Crippen LogP contribution in [0, 0.1) is 22.2 Å². The van der Waals surface area contributed by atoms with Gasteiger partial charge in [-0.05, 0) is 49.9 Å². The molecule has 2 unspecified atom stereocenters. The molecule has 0 aromatic heterocycles. The van der Waals surface area contributed by atoms with Gasteiger partial charge in [0, 0.05) is 15.5 Å². The molecular weight excluding hydrogens is 372 g/mol. The SMILES string of the molecule is C[C@@]12C(=O)N(NC(=O)c3ccc(Br)cc3)C(=O)[C@]13C1C=CCC23C1. The van der Waals surface area contributed by atoms with Gasteiger partial charge >= 0.3 is 0 Å². The first-order chi connectivity index (χ1) is 11.4. The van der Waals surface area contributed by atoms with Crippen molar-refractivity contribution < 1.29 is 14.4 Å². The van der Waals surface area contributed by atoms with Crippen LogP contribution in [0.3, 0.4) is 0 Å². The van der Waals surface area contributed by atoms with Crippen molar-refractivity contribution in [1.29, 1.82) is 0 Å². The number of carbonyl (C=O) groups is 3. The molecule has 4 atom stereocenters. The van der Waals surface area contributed by atoms with Gasteiger partial charge in [-0.3, -0.25) is 19.8 Å². The number of nitrogens with one attached hydrogen (secondary N) is 1. The fourth-order valence-corrected chi connectivity index (χ4v) is 6.07. The highest BCUT2D eigenvalue weighted by Gasteiger charge is 3.02. The van der Waals surface area contributed by atoms with Crippen molar-refractivity contribution in [2.75, 3.05) is 0 Å². The maximum absolute atomic E-state index is 13.0. The van der Waals surface area contributed by atoms with Crippen molar-refractivity contribution >= 4 is 33.7 Å². The summed E-state index contributed by atoms with van der Waals surface area (Å²) in [6, 6.07) is 6.78. The van der Waals surface area contributed by atoms with E-state index < -0.39 is 16.7 Å². The van der Waals surface area contributed by atoms with Gasteiger partial charge in [-0.2, -0.15) is 5.01 Å². The minimum Gasteiger partial charge on any atom is -0.272 e. The summed E-state index contributed by atoms with van der Waals surface area (Å²) in [6.07, 6.45) is 5.85. The lowest BCUT2D eigenvalue weighted by molar-refractivity contribution is -0.154. The van der Waals surface area contributed by atoms with E-state index in [0.717, 1.165) is 22.3 Å². The first kappa shape index (κ1) is 14.4. The standard InChI is InChI=1S/C18H15BrN2O3/c1-16-14(23)21(20-13(22)10-4-6-12(19)7-5-10)15(24)18(16)11-3-2-8-17(16,18)9-11/h2-7,11H,8-9H2,1H3,(H,20,22)/t11?,16-,17?,18+/m0/s1. The number of amides is 3. The summed E-state index contributed by atoms with van der Waals surface area (Å²) >= 11 is 3.31. The van der Waals surface area contributed by atoms with Gasteiger partial charge in [0.05, 0.1) is 10.8 Å². The summed E-state index contributed by atoms with van der Waals surface area (Å²) in [6.45, 7) is 1.89. The van der Waals surface area contributed by atoms with Crippen molar-refractivity contribution in [3.05, 3.63) is 46.5 Å². The Kier molecular flexibility index (Phi) is 2.39. The second kappa shape index (κ2) is 3.99. The monoisotopic (exact) mass is 386 g/mol. The van der Waals surface area contributed by atoms with Gasteiger partial charge in [0.2, 0.25) is 0 Å². The molecule has 2 bridgehead atoms. The molecule has 3 fully saturated rings. The quantitative estimate of drug-likeness (QED) is 0.626. The minimum atomic E-state index is -0.668. The number of rotatable bonds is 2. The van der Waals surface area contributed by atoms with Crippen LogP contribution in [0.4, 0.5) is 0 Å². The third-order valence-corrected chi connectivity index (χ3v) is 7.42. The Bertz CT molecular complexity index is 864. The molecule has 1 aliphatic heterocycles. The largest absolute Gasteiger partial charge is 0.272 e. The highest BCUT2D eigenvalue weighted by atomic mass is 79.9. The topological polar surface area (TPSA) is 66.5 Å². The molecule has 1 aromatic carbocycles. The number of hydrogen-bond donors (Lipinski definition) is 1. The van der Waals surface area contributed by atoms with Gasteiger partial charge in [0.1, 0.15) is 0 Å². The Morgan fingerprint density at radius 3 is 2.62 bits per heavy atom. The molecule has 1 heterocycles. The molecule has 24 heavy (non-hydrogen) atoms. The fourth-order valence-electron chi connectivity index (χ4n) is 5.80. The molecule has 1 aromatic rings. The van der Waals surface area contributed by atoms with Gasteiger partial charge in [-0.1, -0.05) is 28.1 Å². The predicted molar refractivity (Wildman–Crippen MR) is 88.3 cm³/mol. The summed E-state index contributed by atoms with van der Waals surface area (Å²) in [7, 11) is 0. The molecule has 1 saturated heterocycles. The Balaban J connectivity index is 1.45. The lowest BCUT2D eigenvalue weighted by Gasteiger charge is -2.45. The average Bonchev–Trinajstić information content (AvgIpc) is 2.90. The highest BCUT2D eigenvalue weighted by molar-refractivity contribution is 9.10. The van der Waals surface area contributed by atoms with Crippen molar-refractivity contribution in [3.63, 3.8) is 0 Å². The molecule has 0 radical (unpaired) electrons. The Labute approximate surface area is 147 Å². The fraction of sp³-hybridized carbons (Fsp3) is 0.389. The normalized spacial score (nSPS) is 40.8. The van der Waals surface area contributed by atoms with Crippen molar-refractivity contribution in [2.45, 2.75) is 19.8 Å². The molecule has 1 spiro atoms. The summed E-state index contributed by atoms with van der Waals surface area (Å²) in [4.78, 5) is 38.4. The molecule has 3 aliphatic carbocycles. The van der Waals surface area contributed by atoms with E-state index in [1.165, 1.54) is 0 Å². The molecule has 3 amide bonds. The van der Waals surface area contributed by atoms with E-state index in [1.54, 1.807) is 24.3 Å². The van der Waals surface area contributed by atoms with Crippen molar-refractivity contribution in [2.24, 2.45) is 22.2 Å². The maximum Gasteiger partial charge on any atom is 0.270 e. The van der Waals surface area contributed by atoms with Gasteiger partial charge in [0.15, 0.2) is 0 Å². The van der Waals surface area contributed by atoms with E-state index in [-0.39, 0.29) is 23.1 Å². The molecule has 5 rings (SSSR count). The molecular formula is C18H15BrN2O3. The maximum atomic E-state index is 13.0. The first-order valence-corrected chi connectivity index (χ1v) is 8.82. The molecule has 6 heteroatoms. The third kappa shape index (κ3) is 1.16. The van der Waals surface area contributed by atoms with E-state index in [4.69, 9.17) is 0 Å². The second-order valence-electron chi connectivity index (χ2n) is 7.35. The zero-order chi connectivity index (χ0) is 16.9. The van der Waals surface area contributed by atoms with E-state index in [2.05, 4.69) is 33.5 Å². The zero-order valence-electron chi connectivity index (χ0n) is 13.0. The van der Waals surface area contributed by atoms with E-state index >= 15 is 0 Å². The Hall–Kier alpha value is -1.95. The van der Waals surface area contributed by atoms with Crippen LogP contribution in [-0.2, 0) is 9.59 Å². The summed E-state index contributed by atoms with van der Waals surface area (Å²) in [5.41, 5.74) is 1.45. The van der Waals surface area contributed by atoms with E-state index in [9.17, 15) is 14.4 Å². The Morgan fingerprint density at radius 1 is 1.25 bits per heavy atom. The van der Waals surface area contributed by atoms with Gasteiger partial charge < -0.3 is 0 Å². The van der Waals surface area contributed by atoms with Crippen LogP contribution in [-0.4, -0.2) is 22.7 Å². The number of piperidine rings is 1. The predicted octanol–water partition coefficient (Wildman–Crippen LogP) is 2.44. The van der Waals surface area contributed by atoms with E-state index in [0.29, 0.717) is 5.56 Å². The number of benzene rings is 1. The van der Waals surface area contributed by atoms with Crippen molar-refractivity contribution in [3.8, 4) is 0 Å². The summed E-state index contributed by atoms with van der Waals surface area (Å²) in [5, 5.41) is 0.966.